The van der Waals surface area contributed by atoms with Gasteiger partial charge >= 0.3 is 17.7 Å². The maximum absolute atomic E-state index is 13.4. The van der Waals surface area contributed by atoms with Crippen molar-refractivity contribution in [3.8, 4) is 5.75 Å². The van der Waals surface area contributed by atoms with Gasteiger partial charge in [-0.25, -0.2) is 14.4 Å². The fourth-order valence-corrected chi connectivity index (χ4v) is 5.30. The lowest BCUT2D eigenvalue weighted by Crippen LogP contribution is -2.44. The van der Waals surface area contributed by atoms with Crippen LogP contribution in [0, 0.1) is 0 Å². The standard InChI is InChI=1S/C32H28N2O6/c35-30-26-12-5-4-11-24(26)25-15-14-22(17-29(25)40-30)39-31(36)28(16-21-18-33-27-13-7-6-10-23(21)27)34-32(37)38-19-20-8-2-1-3-9-20/h1-3,6-10,13-15,17-18,28,33H,4-5,11-12,16,19H2,(H,34,37). The average molecular weight is 537 g/mol. The van der Waals surface area contributed by atoms with Gasteiger partial charge in [0.25, 0.3) is 0 Å². The number of esters is 1. The third-order valence-corrected chi connectivity index (χ3v) is 7.30. The van der Waals surface area contributed by atoms with Crippen LogP contribution in [0.5, 0.6) is 5.75 Å². The summed E-state index contributed by atoms with van der Waals surface area (Å²) in [5.74, 6) is -0.443. The van der Waals surface area contributed by atoms with E-state index in [1.165, 1.54) is 0 Å². The topological polar surface area (TPSA) is 111 Å². The first kappa shape index (κ1) is 25.4. The van der Waals surface area contributed by atoms with Gasteiger partial charge in [-0.05, 0) is 60.6 Å². The molecule has 2 N–H and O–H groups in total. The minimum absolute atomic E-state index is 0.0650. The Morgan fingerprint density at radius 2 is 1.70 bits per heavy atom. The van der Waals surface area contributed by atoms with E-state index in [-0.39, 0.29) is 24.4 Å². The lowest BCUT2D eigenvalue weighted by Gasteiger charge is -2.18. The predicted octanol–water partition coefficient (Wildman–Crippen LogP) is 5.60. The Kier molecular flexibility index (Phi) is 7.06. The number of ether oxygens (including phenoxy) is 2. The summed E-state index contributed by atoms with van der Waals surface area (Å²) in [5, 5.41) is 4.47. The summed E-state index contributed by atoms with van der Waals surface area (Å²) in [5.41, 5.74) is 4.37. The molecule has 0 aliphatic heterocycles. The lowest BCUT2D eigenvalue weighted by atomic mass is 9.91. The van der Waals surface area contributed by atoms with Gasteiger partial charge in [-0.2, -0.15) is 0 Å². The molecule has 1 aliphatic carbocycles. The number of aryl methyl sites for hydroxylation is 1. The molecule has 2 aromatic heterocycles. The fourth-order valence-electron chi connectivity index (χ4n) is 5.30. The predicted molar refractivity (Wildman–Crippen MR) is 150 cm³/mol. The number of alkyl carbamates (subject to hydrolysis) is 1. The Morgan fingerprint density at radius 3 is 2.55 bits per heavy atom. The number of rotatable bonds is 7. The molecule has 0 saturated heterocycles. The van der Waals surface area contributed by atoms with Gasteiger partial charge in [0, 0.05) is 40.5 Å². The minimum atomic E-state index is -1.03. The van der Waals surface area contributed by atoms with E-state index in [1.807, 2.05) is 66.9 Å². The number of aromatic nitrogens is 1. The van der Waals surface area contributed by atoms with Gasteiger partial charge in [-0.15, -0.1) is 0 Å². The SMILES string of the molecule is O=C(NC(Cc1c[nH]c2ccccc12)C(=O)Oc1ccc2c3c(c(=O)oc2c1)CCCC3)OCc1ccccc1. The van der Waals surface area contributed by atoms with E-state index >= 15 is 0 Å². The van der Waals surface area contributed by atoms with Crippen LogP contribution in [0.4, 0.5) is 4.79 Å². The molecule has 8 nitrogen and oxygen atoms in total. The summed E-state index contributed by atoms with van der Waals surface area (Å²) in [6.07, 6.45) is 4.78. The van der Waals surface area contributed by atoms with Crippen molar-refractivity contribution in [1.82, 2.24) is 10.3 Å². The number of aromatic amines is 1. The second-order valence-electron chi connectivity index (χ2n) is 9.96. The third kappa shape index (κ3) is 5.33. The zero-order valence-electron chi connectivity index (χ0n) is 21.8. The summed E-state index contributed by atoms with van der Waals surface area (Å²) >= 11 is 0. The van der Waals surface area contributed by atoms with Crippen molar-refractivity contribution in [3.63, 3.8) is 0 Å². The first-order chi connectivity index (χ1) is 19.5. The van der Waals surface area contributed by atoms with Crippen LogP contribution in [0.3, 0.4) is 0 Å². The van der Waals surface area contributed by atoms with Crippen LogP contribution in [-0.4, -0.2) is 23.1 Å². The number of H-pyrrole nitrogens is 1. The molecule has 1 amide bonds. The van der Waals surface area contributed by atoms with Crippen molar-refractivity contribution in [2.24, 2.45) is 0 Å². The number of benzene rings is 3. The molecule has 0 radical (unpaired) electrons. The van der Waals surface area contributed by atoms with Gasteiger partial charge in [-0.1, -0.05) is 48.5 Å². The molecule has 0 fully saturated rings. The number of carbonyl (C=O) groups is 2. The summed E-state index contributed by atoms with van der Waals surface area (Å²) in [6, 6.07) is 21.0. The van der Waals surface area contributed by atoms with E-state index in [0.29, 0.717) is 12.0 Å². The maximum atomic E-state index is 13.4. The zero-order chi connectivity index (χ0) is 27.5. The molecule has 3 aromatic carbocycles. The van der Waals surface area contributed by atoms with E-state index in [0.717, 1.165) is 57.8 Å². The Hall–Kier alpha value is -4.85. The second-order valence-corrected chi connectivity index (χ2v) is 9.96. The van der Waals surface area contributed by atoms with E-state index in [2.05, 4.69) is 10.3 Å². The Morgan fingerprint density at radius 1 is 0.925 bits per heavy atom. The van der Waals surface area contributed by atoms with Gasteiger partial charge in [0.2, 0.25) is 0 Å². The highest BCUT2D eigenvalue weighted by Crippen LogP contribution is 2.29. The first-order valence-corrected chi connectivity index (χ1v) is 13.4. The van der Waals surface area contributed by atoms with Gasteiger partial charge in [-0.3, -0.25) is 0 Å². The molecule has 0 spiro atoms. The number of fused-ring (bicyclic) bond motifs is 4. The summed E-state index contributed by atoms with van der Waals surface area (Å²) in [4.78, 5) is 41.9. The summed E-state index contributed by atoms with van der Waals surface area (Å²) in [7, 11) is 0. The Bertz CT molecular complexity index is 1750. The molecule has 8 heteroatoms. The Balaban J connectivity index is 1.24. The van der Waals surface area contributed by atoms with Gasteiger partial charge in [0.15, 0.2) is 0 Å². The summed E-state index contributed by atoms with van der Waals surface area (Å²) < 4.78 is 16.7. The molecule has 40 heavy (non-hydrogen) atoms. The normalized spacial score (nSPS) is 13.5. The molecule has 202 valence electrons. The van der Waals surface area contributed by atoms with E-state index in [9.17, 15) is 14.4 Å². The van der Waals surface area contributed by atoms with Gasteiger partial charge in [0.05, 0.1) is 0 Å². The largest absolute Gasteiger partial charge is 0.445 e. The highest BCUT2D eigenvalue weighted by Gasteiger charge is 2.26. The molecule has 0 bridgehead atoms. The smallest absolute Gasteiger partial charge is 0.408 e. The second kappa shape index (κ2) is 11.1. The number of para-hydroxylation sites is 1. The molecule has 1 unspecified atom stereocenters. The van der Waals surface area contributed by atoms with E-state index < -0.39 is 18.1 Å². The number of carbonyl (C=O) groups excluding carboxylic acids is 2. The highest BCUT2D eigenvalue weighted by atomic mass is 16.6. The van der Waals surface area contributed by atoms with E-state index in [1.54, 1.807) is 12.1 Å². The molecule has 1 atom stereocenters. The van der Waals surface area contributed by atoms with Crippen LogP contribution in [-0.2, 0) is 35.4 Å². The van der Waals surface area contributed by atoms with Crippen LogP contribution in [0.25, 0.3) is 21.9 Å². The van der Waals surface area contributed by atoms with Crippen molar-refractivity contribution >= 4 is 33.9 Å². The van der Waals surface area contributed by atoms with Crippen LogP contribution in [0.1, 0.15) is 35.1 Å². The van der Waals surface area contributed by atoms with Crippen molar-refractivity contribution in [2.75, 3.05) is 0 Å². The maximum Gasteiger partial charge on any atom is 0.408 e. The number of nitrogens with one attached hydrogen (secondary N) is 2. The number of hydrogen-bond donors (Lipinski definition) is 2. The quantitative estimate of drug-likeness (QED) is 0.159. The van der Waals surface area contributed by atoms with Crippen LogP contribution >= 0.6 is 0 Å². The van der Waals surface area contributed by atoms with Crippen molar-refractivity contribution in [2.45, 2.75) is 44.8 Å². The minimum Gasteiger partial charge on any atom is -0.445 e. The molecule has 2 heterocycles. The molecule has 6 rings (SSSR count). The number of hydrogen-bond acceptors (Lipinski definition) is 6. The van der Waals surface area contributed by atoms with Crippen LogP contribution < -0.4 is 15.7 Å². The van der Waals surface area contributed by atoms with Crippen molar-refractivity contribution < 1.29 is 23.5 Å². The highest BCUT2D eigenvalue weighted by molar-refractivity contribution is 5.88. The first-order valence-electron chi connectivity index (χ1n) is 13.4. The van der Waals surface area contributed by atoms with Crippen LogP contribution in [0.2, 0.25) is 0 Å². The summed E-state index contributed by atoms with van der Waals surface area (Å²) in [6.45, 7) is 0.0650. The van der Waals surface area contributed by atoms with Gasteiger partial charge in [0.1, 0.15) is 24.0 Å². The zero-order valence-corrected chi connectivity index (χ0v) is 21.8. The molecular weight excluding hydrogens is 508 g/mol. The van der Waals surface area contributed by atoms with Crippen molar-refractivity contribution in [3.05, 3.63) is 112 Å². The van der Waals surface area contributed by atoms with Crippen molar-refractivity contribution in [1.29, 1.82) is 0 Å². The molecule has 5 aromatic rings. The third-order valence-electron chi connectivity index (χ3n) is 7.30. The fraction of sp³-hybridized carbons (Fsp3) is 0.219. The molecule has 1 aliphatic rings. The average Bonchev–Trinajstić information content (AvgIpc) is 3.39. The molecule has 0 saturated carbocycles. The van der Waals surface area contributed by atoms with Gasteiger partial charge < -0.3 is 24.2 Å². The monoisotopic (exact) mass is 536 g/mol. The Labute approximate surface area is 229 Å². The number of amides is 1. The molecular formula is C32H28N2O6. The lowest BCUT2D eigenvalue weighted by molar-refractivity contribution is -0.136. The van der Waals surface area contributed by atoms with Crippen LogP contribution in [0.15, 0.2) is 88.2 Å². The van der Waals surface area contributed by atoms with E-state index in [4.69, 9.17) is 13.9 Å².